The molecule has 0 radical (unpaired) electrons. The summed E-state index contributed by atoms with van der Waals surface area (Å²) in [6.45, 7) is 1.86. The average Bonchev–Trinajstić information content (AvgIpc) is 3.64. The van der Waals surface area contributed by atoms with Crippen LogP contribution in [0.2, 0.25) is 0 Å². The maximum Gasteiger partial charge on any atom is 0.326 e. The molecular formula is C33H38N3O5P. The summed E-state index contributed by atoms with van der Waals surface area (Å²) in [6, 6.07) is 25.2. The SMILES string of the molecule is C[C@H](NP(=O)(Cc1ccccc1)Cc1ccccc1)C(=O)N(CC(=O)N1CCC[C@H]1C(=O)O)C1Cc2ccccc2C1. The standard InChI is InChI=1S/C33H38N3O5P/c1-24(34-42(41,22-25-11-4-2-5-12-25)23-26-13-6-3-7-14-26)32(38)36(29-19-27-15-8-9-16-28(27)20-29)21-31(37)35-18-10-17-30(35)33(39)40/h2-9,11-16,24,29-30H,10,17-23H2,1H3,(H,34,41)(H,39,40)/t24-,30-/m0/s1. The van der Waals surface area contributed by atoms with Crippen LogP contribution in [0, 0.1) is 0 Å². The highest BCUT2D eigenvalue weighted by Gasteiger charge is 2.39. The van der Waals surface area contributed by atoms with Gasteiger partial charge in [-0.1, -0.05) is 84.9 Å². The third-order valence-corrected chi connectivity index (χ3v) is 10.9. The molecule has 2 atom stereocenters. The van der Waals surface area contributed by atoms with Gasteiger partial charge in [0.25, 0.3) is 0 Å². The van der Waals surface area contributed by atoms with Crippen molar-refractivity contribution in [3.8, 4) is 0 Å². The number of hydrogen-bond donors (Lipinski definition) is 2. The Kier molecular flexibility index (Phi) is 9.24. The van der Waals surface area contributed by atoms with Gasteiger partial charge in [-0.15, -0.1) is 0 Å². The number of nitrogens with zero attached hydrogens (tertiary/aromatic N) is 2. The van der Waals surface area contributed by atoms with E-state index in [0.29, 0.717) is 32.2 Å². The molecule has 1 fully saturated rings. The van der Waals surface area contributed by atoms with Crippen molar-refractivity contribution in [3.63, 3.8) is 0 Å². The number of hydrogen-bond acceptors (Lipinski definition) is 4. The van der Waals surface area contributed by atoms with Crippen molar-refractivity contribution in [3.05, 3.63) is 107 Å². The summed E-state index contributed by atoms with van der Waals surface area (Å²) in [5, 5.41) is 12.9. The second kappa shape index (κ2) is 13.1. The third kappa shape index (κ3) is 7.00. The lowest BCUT2D eigenvalue weighted by atomic mass is 10.1. The van der Waals surface area contributed by atoms with Crippen LogP contribution in [-0.2, 0) is 44.1 Å². The Bertz CT molecular complexity index is 1390. The van der Waals surface area contributed by atoms with Crippen LogP contribution in [0.1, 0.15) is 42.0 Å². The molecule has 1 aliphatic heterocycles. The molecule has 0 spiro atoms. The molecule has 9 heteroatoms. The largest absolute Gasteiger partial charge is 0.480 e. The molecule has 5 rings (SSSR count). The van der Waals surface area contributed by atoms with E-state index in [-0.39, 0.29) is 36.7 Å². The zero-order valence-corrected chi connectivity index (χ0v) is 24.8. The molecule has 0 unspecified atom stereocenters. The van der Waals surface area contributed by atoms with E-state index in [2.05, 4.69) is 5.09 Å². The minimum atomic E-state index is -3.15. The predicted octanol–water partition coefficient (Wildman–Crippen LogP) is 4.71. The summed E-state index contributed by atoms with van der Waals surface area (Å²) >= 11 is 0. The molecule has 2 aliphatic rings. The Morgan fingerprint density at radius 3 is 1.95 bits per heavy atom. The second-order valence-electron chi connectivity index (χ2n) is 11.4. The number of carboxylic acids is 1. The number of carbonyl (C=O) groups is 3. The molecular weight excluding hydrogens is 549 g/mol. The molecule has 220 valence electrons. The molecule has 0 saturated carbocycles. The van der Waals surface area contributed by atoms with Gasteiger partial charge >= 0.3 is 5.97 Å². The number of carbonyl (C=O) groups excluding carboxylic acids is 2. The summed E-state index contributed by atoms with van der Waals surface area (Å²) < 4.78 is 14.5. The number of amides is 2. The third-order valence-electron chi connectivity index (χ3n) is 8.28. The average molecular weight is 588 g/mol. The van der Waals surface area contributed by atoms with Gasteiger partial charge in [0.1, 0.15) is 12.6 Å². The maximum absolute atomic E-state index is 14.5. The van der Waals surface area contributed by atoms with Crippen molar-refractivity contribution in [1.82, 2.24) is 14.9 Å². The topological polar surface area (TPSA) is 107 Å². The Labute approximate surface area is 247 Å². The van der Waals surface area contributed by atoms with Gasteiger partial charge in [0.05, 0.1) is 6.04 Å². The van der Waals surface area contributed by atoms with Gasteiger partial charge < -0.3 is 19.5 Å². The van der Waals surface area contributed by atoms with Gasteiger partial charge in [0.15, 0.2) is 7.29 Å². The normalized spacial score (nSPS) is 17.5. The van der Waals surface area contributed by atoms with E-state index in [1.807, 2.05) is 84.9 Å². The van der Waals surface area contributed by atoms with Crippen LogP contribution in [0.5, 0.6) is 0 Å². The molecule has 1 heterocycles. The first kappa shape index (κ1) is 29.7. The van der Waals surface area contributed by atoms with Crippen molar-refractivity contribution in [2.75, 3.05) is 13.1 Å². The molecule has 0 bridgehead atoms. The van der Waals surface area contributed by atoms with Crippen LogP contribution in [0.25, 0.3) is 0 Å². The number of benzene rings is 3. The van der Waals surface area contributed by atoms with Gasteiger partial charge in [0.2, 0.25) is 11.8 Å². The van der Waals surface area contributed by atoms with Crippen LogP contribution in [-0.4, -0.2) is 63.9 Å². The monoisotopic (exact) mass is 587 g/mol. The minimum Gasteiger partial charge on any atom is -0.480 e. The first-order chi connectivity index (χ1) is 20.2. The highest BCUT2D eigenvalue weighted by molar-refractivity contribution is 7.60. The van der Waals surface area contributed by atoms with E-state index < -0.39 is 25.3 Å². The Balaban J connectivity index is 1.39. The molecule has 2 amide bonds. The second-order valence-corrected chi connectivity index (χ2v) is 14.1. The van der Waals surface area contributed by atoms with Gasteiger partial charge in [-0.25, -0.2) is 4.79 Å². The molecule has 3 aromatic rings. The maximum atomic E-state index is 14.5. The molecule has 3 aromatic carbocycles. The minimum absolute atomic E-state index is 0.213. The molecule has 2 N–H and O–H groups in total. The first-order valence-electron chi connectivity index (χ1n) is 14.6. The van der Waals surface area contributed by atoms with E-state index >= 15 is 0 Å². The van der Waals surface area contributed by atoms with Crippen LogP contribution in [0.4, 0.5) is 0 Å². The van der Waals surface area contributed by atoms with Crippen LogP contribution >= 0.6 is 7.29 Å². The fourth-order valence-corrected chi connectivity index (χ4v) is 8.97. The summed E-state index contributed by atoms with van der Waals surface area (Å²) in [4.78, 5) is 42.4. The Morgan fingerprint density at radius 1 is 0.905 bits per heavy atom. The number of fused-ring (bicyclic) bond motifs is 1. The number of aliphatic carboxylic acids is 1. The Hall–Kier alpha value is -3.74. The fourth-order valence-electron chi connectivity index (χ4n) is 6.26. The Morgan fingerprint density at radius 2 is 1.43 bits per heavy atom. The fraction of sp³-hybridized carbons (Fsp3) is 0.364. The van der Waals surface area contributed by atoms with Gasteiger partial charge in [-0.2, -0.15) is 0 Å². The first-order valence-corrected chi connectivity index (χ1v) is 16.6. The number of rotatable bonds is 11. The summed E-state index contributed by atoms with van der Waals surface area (Å²) in [5.74, 6) is -1.70. The zero-order valence-electron chi connectivity index (χ0n) is 23.9. The number of likely N-dealkylation sites (tertiary alicyclic amines) is 1. The van der Waals surface area contributed by atoms with E-state index in [1.165, 1.54) is 4.90 Å². The molecule has 1 saturated heterocycles. The highest BCUT2D eigenvalue weighted by Crippen LogP contribution is 2.49. The zero-order chi connectivity index (χ0) is 29.7. The molecule has 1 aliphatic carbocycles. The van der Waals surface area contributed by atoms with Gasteiger partial charge in [-0.05, 0) is 54.9 Å². The van der Waals surface area contributed by atoms with E-state index in [9.17, 15) is 24.1 Å². The van der Waals surface area contributed by atoms with Crippen LogP contribution < -0.4 is 5.09 Å². The van der Waals surface area contributed by atoms with E-state index in [4.69, 9.17) is 0 Å². The van der Waals surface area contributed by atoms with Crippen LogP contribution in [0.15, 0.2) is 84.9 Å². The summed E-state index contributed by atoms with van der Waals surface area (Å²) in [6.07, 6.45) is 2.80. The summed E-state index contributed by atoms with van der Waals surface area (Å²) in [7, 11) is -3.15. The van der Waals surface area contributed by atoms with Crippen LogP contribution in [0.3, 0.4) is 0 Å². The predicted molar refractivity (Wildman–Crippen MR) is 162 cm³/mol. The lowest BCUT2D eigenvalue weighted by Gasteiger charge is -2.34. The van der Waals surface area contributed by atoms with Crippen molar-refractivity contribution in [2.24, 2.45) is 0 Å². The lowest BCUT2D eigenvalue weighted by Crippen LogP contribution is -2.54. The highest BCUT2D eigenvalue weighted by atomic mass is 31.2. The van der Waals surface area contributed by atoms with E-state index in [1.54, 1.807) is 11.8 Å². The van der Waals surface area contributed by atoms with Crippen molar-refractivity contribution >= 4 is 25.1 Å². The molecule has 42 heavy (non-hydrogen) atoms. The number of nitrogens with one attached hydrogen (secondary N) is 1. The van der Waals surface area contributed by atoms with Gasteiger partial charge in [-0.3, -0.25) is 14.7 Å². The van der Waals surface area contributed by atoms with Gasteiger partial charge in [0, 0.05) is 24.9 Å². The summed E-state index contributed by atoms with van der Waals surface area (Å²) in [5.41, 5.74) is 4.10. The quantitative estimate of drug-likeness (QED) is 0.315. The lowest BCUT2D eigenvalue weighted by molar-refractivity contribution is -0.150. The van der Waals surface area contributed by atoms with Crippen molar-refractivity contribution in [2.45, 2.75) is 63.1 Å². The molecule has 0 aromatic heterocycles. The van der Waals surface area contributed by atoms with Crippen molar-refractivity contribution < 1.29 is 24.1 Å². The van der Waals surface area contributed by atoms with E-state index in [0.717, 1.165) is 22.3 Å². The van der Waals surface area contributed by atoms with Crippen molar-refractivity contribution in [1.29, 1.82) is 0 Å². The smallest absolute Gasteiger partial charge is 0.326 e. The number of carboxylic acid groups (broad SMARTS) is 1. The molecule has 8 nitrogen and oxygen atoms in total.